The van der Waals surface area contributed by atoms with Crippen molar-refractivity contribution in [3.05, 3.63) is 60.3 Å². The Morgan fingerprint density at radius 3 is 2.61 bits per heavy atom. The number of thiazole rings is 1. The van der Waals surface area contributed by atoms with Gasteiger partial charge in [-0.05, 0) is 43.9 Å². The molecule has 3 aromatic heterocycles. The van der Waals surface area contributed by atoms with E-state index < -0.39 is 5.60 Å². The average Bonchev–Trinajstić information content (AvgIpc) is 3.29. The van der Waals surface area contributed by atoms with Gasteiger partial charge in [0.2, 0.25) is 0 Å². The van der Waals surface area contributed by atoms with Crippen LogP contribution in [0, 0.1) is 0 Å². The lowest BCUT2D eigenvalue weighted by atomic mass is 9.82. The molecule has 1 N–H and O–H groups in total. The summed E-state index contributed by atoms with van der Waals surface area (Å²) in [4.78, 5) is 9.73. The van der Waals surface area contributed by atoms with Crippen molar-refractivity contribution >= 4 is 11.3 Å². The van der Waals surface area contributed by atoms with E-state index in [0.29, 0.717) is 6.04 Å². The van der Waals surface area contributed by atoms with Gasteiger partial charge >= 0.3 is 0 Å². The molecule has 0 bridgehead atoms. The van der Waals surface area contributed by atoms with Crippen LogP contribution in [0.25, 0.3) is 10.4 Å². The third kappa shape index (κ3) is 2.82. The molecule has 0 aliphatic heterocycles. The molecule has 0 radical (unpaired) electrons. The Morgan fingerprint density at radius 2 is 1.91 bits per heavy atom. The number of aliphatic hydroxyl groups is 1. The van der Waals surface area contributed by atoms with Gasteiger partial charge in [-0.25, -0.2) is 4.98 Å². The van der Waals surface area contributed by atoms with Gasteiger partial charge in [0.25, 0.3) is 0 Å². The monoisotopic (exact) mass is 325 g/mol. The molecule has 5 heteroatoms. The lowest BCUT2D eigenvalue weighted by Gasteiger charge is -2.35. The predicted octanol–water partition coefficient (Wildman–Crippen LogP) is 4.01. The van der Waals surface area contributed by atoms with Gasteiger partial charge in [0.05, 0.1) is 4.88 Å². The maximum Gasteiger partial charge on any atom is 0.125 e. The van der Waals surface area contributed by atoms with Crippen molar-refractivity contribution in [2.45, 2.75) is 37.3 Å². The minimum atomic E-state index is -0.783. The maximum absolute atomic E-state index is 11.0. The molecule has 4 nitrogen and oxygen atoms in total. The molecule has 0 unspecified atom stereocenters. The van der Waals surface area contributed by atoms with E-state index in [9.17, 15) is 5.11 Å². The normalized spacial score (nSPS) is 24.7. The van der Waals surface area contributed by atoms with E-state index in [-0.39, 0.29) is 0 Å². The zero-order valence-electron chi connectivity index (χ0n) is 12.8. The van der Waals surface area contributed by atoms with Crippen LogP contribution in [0.4, 0.5) is 0 Å². The number of rotatable bonds is 3. The fourth-order valence-corrected chi connectivity index (χ4v) is 4.37. The van der Waals surface area contributed by atoms with Crippen LogP contribution in [0.1, 0.15) is 36.7 Å². The van der Waals surface area contributed by atoms with E-state index >= 15 is 0 Å². The fraction of sp³-hybridized carbons (Fsp3) is 0.333. The molecule has 1 fully saturated rings. The van der Waals surface area contributed by atoms with Crippen LogP contribution in [0.2, 0.25) is 0 Å². The molecule has 118 valence electrons. The number of hydrogen-bond donors (Lipinski definition) is 1. The zero-order chi connectivity index (χ0) is 15.7. The Hall–Kier alpha value is -1.98. The smallest absolute Gasteiger partial charge is 0.125 e. The fourth-order valence-electron chi connectivity index (χ4n) is 3.31. The highest BCUT2D eigenvalue weighted by Crippen LogP contribution is 2.43. The summed E-state index contributed by atoms with van der Waals surface area (Å²) >= 11 is 1.58. The van der Waals surface area contributed by atoms with Gasteiger partial charge in [-0.15, -0.1) is 11.3 Å². The third-order valence-corrected chi connectivity index (χ3v) is 5.92. The van der Waals surface area contributed by atoms with Crippen molar-refractivity contribution < 1.29 is 5.11 Å². The highest BCUT2D eigenvalue weighted by Gasteiger charge is 2.37. The largest absolute Gasteiger partial charge is 0.383 e. The second-order valence-corrected chi connectivity index (χ2v) is 7.20. The Bertz CT molecular complexity index is 759. The topological polar surface area (TPSA) is 50.9 Å². The lowest BCUT2D eigenvalue weighted by Crippen LogP contribution is -2.32. The van der Waals surface area contributed by atoms with E-state index in [4.69, 9.17) is 0 Å². The van der Waals surface area contributed by atoms with E-state index in [1.807, 2.05) is 24.5 Å². The summed E-state index contributed by atoms with van der Waals surface area (Å²) in [7, 11) is 0. The molecule has 0 aromatic carbocycles. The summed E-state index contributed by atoms with van der Waals surface area (Å²) in [5.74, 6) is 0. The quantitative estimate of drug-likeness (QED) is 0.791. The zero-order valence-corrected chi connectivity index (χ0v) is 13.6. The Balaban J connectivity index is 1.51. The van der Waals surface area contributed by atoms with Crippen LogP contribution in [0.15, 0.2) is 55.2 Å². The van der Waals surface area contributed by atoms with Gasteiger partial charge in [0, 0.05) is 42.6 Å². The first kappa shape index (κ1) is 14.6. The molecule has 3 aromatic rings. The van der Waals surface area contributed by atoms with Crippen molar-refractivity contribution in [3.63, 3.8) is 0 Å². The number of aromatic nitrogens is 3. The molecule has 3 heterocycles. The van der Waals surface area contributed by atoms with Crippen molar-refractivity contribution in [3.8, 4) is 10.4 Å². The molecule has 23 heavy (non-hydrogen) atoms. The molecule has 4 rings (SSSR count). The molecule has 1 saturated carbocycles. The van der Waals surface area contributed by atoms with E-state index in [1.54, 1.807) is 17.5 Å². The SMILES string of the molecule is OC1(c2ncc(-c3cccnc3)s2)CCC(n2cccc2)CC1. The van der Waals surface area contributed by atoms with E-state index in [0.717, 1.165) is 41.1 Å². The van der Waals surface area contributed by atoms with Crippen molar-refractivity contribution in [1.82, 2.24) is 14.5 Å². The van der Waals surface area contributed by atoms with Crippen LogP contribution in [-0.2, 0) is 5.60 Å². The average molecular weight is 325 g/mol. The van der Waals surface area contributed by atoms with Crippen LogP contribution in [-0.4, -0.2) is 19.6 Å². The lowest BCUT2D eigenvalue weighted by molar-refractivity contribution is -0.0124. The Kier molecular flexibility index (Phi) is 3.75. The number of nitrogens with zero attached hydrogens (tertiary/aromatic N) is 3. The van der Waals surface area contributed by atoms with Crippen molar-refractivity contribution in [2.75, 3.05) is 0 Å². The van der Waals surface area contributed by atoms with Crippen LogP contribution in [0.5, 0.6) is 0 Å². The first-order valence-electron chi connectivity index (χ1n) is 7.96. The summed E-state index contributed by atoms with van der Waals surface area (Å²) in [5, 5.41) is 11.9. The highest BCUT2D eigenvalue weighted by atomic mass is 32.1. The summed E-state index contributed by atoms with van der Waals surface area (Å²) < 4.78 is 2.25. The molecular weight excluding hydrogens is 306 g/mol. The van der Waals surface area contributed by atoms with Gasteiger partial charge in [-0.1, -0.05) is 6.07 Å². The first-order chi connectivity index (χ1) is 11.2. The maximum atomic E-state index is 11.0. The van der Waals surface area contributed by atoms with Gasteiger partial charge in [-0.2, -0.15) is 0 Å². The minimum Gasteiger partial charge on any atom is -0.383 e. The number of pyridine rings is 1. The molecule has 1 aliphatic carbocycles. The van der Waals surface area contributed by atoms with E-state index in [2.05, 4.69) is 39.1 Å². The third-order valence-electron chi connectivity index (χ3n) is 4.68. The molecule has 0 spiro atoms. The van der Waals surface area contributed by atoms with Crippen molar-refractivity contribution in [2.24, 2.45) is 0 Å². The van der Waals surface area contributed by atoms with Gasteiger partial charge in [0.1, 0.15) is 10.6 Å². The second kappa shape index (κ2) is 5.91. The minimum absolute atomic E-state index is 0.489. The second-order valence-electron chi connectivity index (χ2n) is 6.16. The van der Waals surface area contributed by atoms with Gasteiger partial charge < -0.3 is 9.67 Å². The van der Waals surface area contributed by atoms with Gasteiger partial charge in [-0.3, -0.25) is 4.98 Å². The molecule has 0 atom stereocenters. The summed E-state index contributed by atoms with van der Waals surface area (Å²) in [6.45, 7) is 0. The van der Waals surface area contributed by atoms with E-state index in [1.165, 1.54) is 0 Å². The van der Waals surface area contributed by atoms with Crippen LogP contribution >= 0.6 is 11.3 Å². The first-order valence-corrected chi connectivity index (χ1v) is 8.78. The molecule has 0 saturated heterocycles. The van der Waals surface area contributed by atoms with Crippen LogP contribution in [0.3, 0.4) is 0 Å². The summed E-state index contributed by atoms with van der Waals surface area (Å²) in [5.41, 5.74) is 0.273. The van der Waals surface area contributed by atoms with Gasteiger partial charge in [0.15, 0.2) is 0 Å². The Morgan fingerprint density at radius 1 is 1.13 bits per heavy atom. The standard InChI is InChI=1S/C18H19N3OS/c22-18(7-5-15(6-8-18)21-10-1-2-11-21)17-20-13-16(23-17)14-4-3-9-19-12-14/h1-4,9-13,15,22H,5-8H2. The Labute approximate surface area is 139 Å². The number of hydrogen-bond acceptors (Lipinski definition) is 4. The highest BCUT2D eigenvalue weighted by molar-refractivity contribution is 7.15. The molecule has 1 aliphatic rings. The van der Waals surface area contributed by atoms with Crippen molar-refractivity contribution in [1.29, 1.82) is 0 Å². The predicted molar refractivity (Wildman–Crippen MR) is 91.2 cm³/mol. The molecule has 0 amide bonds. The summed E-state index contributed by atoms with van der Waals surface area (Å²) in [6, 6.07) is 8.55. The molecular formula is C18H19N3OS. The summed E-state index contributed by atoms with van der Waals surface area (Å²) in [6.07, 6.45) is 13.2. The van der Waals surface area contributed by atoms with Crippen LogP contribution < -0.4 is 0 Å².